The number of hydrogen-bond acceptors (Lipinski definition) is 5. The van der Waals surface area contributed by atoms with Gasteiger partial charge in [-0.2, -0.15) is 0 Å². The summed E-state index contributed by atoms with van der Waals surface area (Å²) < 4.78 is 15.8. The van der Waals surface area contributed by atoms with Crippen molar-refractivity contribution in [2.45, 2.75) is 25.4 Å². The highest BCUT2D eigenvalue weighted by atomic mass is 35.5. The van der Waals surface area contributed by atoms with Crippen LogP contribution in [0.4, 0.5) is 0 Å². The van der Waals surface area contributed by atoms with Gasteiger partial charge in [0.1, 0.15) is 6.04 Å². The highest BCUT2D eigenvalue weighted by Crippen LogP contribution is 2.27. The third-order valence-electron chi connectivity index (χ3n) is 3.62. The molecule has 0 spiro atoms. The molecule has 1 aromatic rings. The molecule has 1 aliphatic heterocycles. The second kappa shape index (κ2) is 9.60. The third-order valence-corrected chi connectivity index (χ3v) is 3.62. The zero-order valence-electron chi connectivity index (χ0n) is 13.8. The average Bonchev–Trinajstić information content (AvgIpc) is 2.55. The number of carbonyl (C=O) groups excluding carboxylic acids is 1. The highest BCUT2D eigenvalue weighted by Gasteiger charge is 2.22. The number of nitrogens with one attached hydrogen (secondary N) is 2. The Morgan fingerprint density at radius 3 is 2.74 bits per heavy atom. The Labute approximate surface area is 143 Å². The number of rotatable bonds is 6. The number of benzene rings is 1. The summed E-state index contributed by atoms with van der Waals surface area (Å²) in [4.78, 5) is 12.1. The molecule has 2 N–H and O–H groups in total. The second-order valence-corrected chi connectivity index (χ2v) is 5.38. The Bertz CT molecular complexity index is 507. The molecule has 2 rings (SSSR count). The van der Waals surface area contributed by atoms with E-state index < -0.39 is 0 Å². The lowest BCUT2D eigenvalue weighted by Crippen LogP contribution is -2.53. The number of methoxy groups -OCH3 is 2. The smallest absolute Gasteiger partial charge is 0.239 e. The van der Waals surface area contributed by atoms with Gasteiger partial charge in [0.15, 0.2) is 11.5 Å². The van der Waals surface area contributed by atoms with Crippen LogP contribution in [-0.4, -0.2) is 52.0 Å². The molecule has 130 valence electrons. The van der Waals surface area contributed by atoms with E-state index in [4.69, 9.17) is 14.2 Å². The molecule has 2 atom stereocenters. The van der Waals surface area contributed by atoms with Gasteiger partial charge in [-0.05, 0) is 31.0 Å². The molecule has 23 heavy (non-hydrogen) atoms. The van der Waals surface area contributed by atoms with E-state index in [0.29, 0.717) is 31.3 Å². The molecule has 1 saturated heterocycles. The van der Waals surface area contributed by atoms with Crippen LogP contribution in [0.2, 0.25) is 0 Å². The summed E-state index contributed by atoms with van der Waals surface area (Å²) in [5, 5.41) is 6.16. The molecule has 1 amide bonds. The molecule has 1 fully saturated rings. The predicted molar refractivity (Wildman–Crippen MR) is 90.7 cm³/mol. The van der Waals surface area contributed by atoms with Crippen LogP contribution in [0.25, 0.3) is 0 Å². The quantitative estimate of drug-likeness (QED) is 0.810. The molecule has 2 unspecified atom stereocenters. The van der Waals surface area contributed by atoms with Gasteiger partial charge in [-0.15, -0.1) is 12.4 Å². The molecular formula is C16H25ClN2O4. The summed E-state index contributed by atoms with van der Waals surface area (Å²) in [7, 11) is 3.22. The second-order valence-electron chi connectivity index (χ2n) is 5.38. The lowest BCUT2D eigenvalue weighted by atomic mass is 10.1. The SMILES string of the molecule is COc1ccc(CC(C)NC(=O)C2COCCN2)cc1OC.Cl. The molecule has 1 aromatic carbocycles. The van der Waals surface area contributed by atoms with Crippen molar-refractivity contribution in [1.29, 1.82) is 0 Å². The summed E-state index contributed by atoms with van der Waals surface area (Å²) >= 11 is 0. The summed E-state index contributed by atoms with van der Waals surface area (Å²) in [5.74, 6) is 1.38. The van der Waals surface area contributed by atoms with Crippen molar-refractivity contribution in [3.63, 3.8) is 0 Å². The van der Waals surface area contributed by atoms with Crippen molar-refractivity contribution in [3.8, 4) is 11.5 Å². The van der Waals surface area contributed by atoms with Crippen LogP contribution >= 0.6 is 12.4 Å². The molecular weight excluding hydrogens is 320 g/mol. The minimum atomic E-state index is -0.262. The van der Waals surface area contributed by atoms with Crippen molar-refractivity contribution >= 4 is 18.3 Å². The van der Waals surface area contributed by atoms with Crippen LogP contribution < -0.4 is 20.1 Å². The van der Waals surface area contributed by atoms with E-state index in [1.54, 1.807) is 14.2 Å². The van der Waals surface area contributed by atoms with Crippen molar-refractivity contribution in [2.24, 2.45) is 0 Å². The fraction of sp³-hybridized carbons (Fsp3) is 0.562. The van der Waals surface area contributed by atoms with E-state index in [0.717, 1.165) is 12.0 Å². The van der Waals surface area contributed by atoms with E-state index in [1.807, 2.05) is 25.1 Å². The Balaban J connectivity index is 0.00000264. The standard InChI is InChI=1S/C16H24N2O4.ClH/c1-11(18-16(19)13-10-22-7-6-17-13)8-12-4-5-14(20-2)15(9-12)21-3;/h4-5,9,11,13,17H,6-8,10H2,1-3H3,(H,18,19);1H. The number of halogens is 1. The van der Waals surface area contributed by atoms with Crippen molar-refractivity contribution in [2.75, 3.05) is 34.0 Å². The largest absolute Gasteiger partial charge is 0.493 e. The average molecular weight is 345 g/mol. The lowest BCUT2D eigenvalue weighted by molar-refractivity contribution is -0.126. The van der Waals surface area contributed by atoms with Gasteiger partial charge < -0.3 is 24.8 Å². The van der Waals surface area contributed by atoms with Crippen LogP contribution in [0.15, 0.2) is 18.2 Å². The first kappa shape index (κ1) is 19.5. The van der Waals surface area contributed by atoms with E-state index >= 15 is 0 Å². The minimum absolute atomic E-state index is 0. The first-order chi connectivity index (χ1) is 10.6. The Morgan fingerprint density at radius 2 is 2.13 bits per heavy atom. The fourth-order valence-corrected chi connectivity index (χ4v) is 2.49. The van der Waals surface area contributed by atoms with Crippen LogP contribution in [0, 0.1) is 0 Å². The molecule has 7 heteroatoms. The van der Waals surface area contributed by atoms with Crippen LogP contribution in [0.5, 0.6) is 11.5 Å². The normalized spacial score (nSPS) is 18.5. The minimum Gasteiger partial charge on any atom is -0.493 e. The van der Waals surface area contributed by atoms with Crippen molar-refractivity contribution < 1.29 is 19.0 Å². The number of morpholine rings is 1. The maximum absolute atomic E-state index is 12.1. The number of amides is 1. The van der Waals surface area contributed by atoms with Gasteiger partial charge in [-0.25, -0.2) is 0 Å². The van der Waals surface area contributed by atoms with Crippen LogP contribution in [-0.2, 0) is 16.0 Å². The van der Waals surface area contributed by atoms with E-state index in [2.05, 4.69) is 10.6 Å². The fourth-order valence-electron chi connectivity index (χ4n) is 2.49. The van der Waals surface area contributed by atoms with Gasteiger partial charge in [-0.1, -0.05) is 6.07 Å². The number of carbonyl (C=O) groups is 1. The van der Waals surface area contributed by atoms with Gasteiger partial charge >= 0.3 is 0 Å². The molecule has 6 nitrogen and oxygen atoms in total. The van der Waals surface area contributed by atoms with Crippen LogP contribution in [0.1, 0.15) is 12.5 Å². The Hall–Kier alpha value is -1.50. The van der Waals surface area contributed by atoms with E-state index in [-0.39, 0.29) is 30.4 Å². The number of ether oxygens (including phenoxy) is 3. The van der Waals surface area contributed by atoms with Gasteiger partial charge in [0, 0.05) is 12.6 Å². The monoisotopic (exact) mass is 344 g/mol. The predicted octanol–water partition coefficient (Wildman–Crippen LogP) is 1.16. The maximum atomic E-state index is 12.1. The summed E-state index contributed by atoms with van der Waals surface area (Å²) in [6.07, 6.45) is 0.722. The van der Waals surface area contributed by atoms with Gasteiger partial charge in [0.2, 0.25) is 5.91 Å². The van der Waals surface area contributed by atoms with E-state index in [9.17, 15) is 4.79 Å². The maximum Gasteiger partial charge on any atom is 0.239 e. The first-order valence-electron chi connectivity index (χ1n) is 7.46. The molecule has 0 radical (unpaired) electrons. The zero-order valence-corrected chi connectivity index (χ0v) is 14.6. The van der Waals surface area contributed by atoms with E-state index in [1.165, 1.54) is 0 Å². The topological polar surface area (TPSA) is 68.8 Å². The molecule has 0 bridgehead atoms. The zero-order chi connectivity index (χ0) is 15.9. The van der Waals surface area contributed by atoms with Gasteiger partial charge in [0.25, 0.3) is 0 Å². The molecule has 1 aliphatic rings. The molecule has 0 aliphatic carbocycles. The molecule has 0 aromatic heterocycles. The molecule has 1 heterocycles. The van der Waals surface area contributed by atoms with Crippen LogP contribution in [0.3, 0.4) is 0 Å². The third kappa shape index (κ3) is 5.57. The Kier molecular flexibility index (Phi) is 8.16. The van der Waals surface area contributed by atoms with Gasteiger partial charge in [-0.3, -0.25) is 4.79 Å². The first-order valence-corrected chi connectivity index (χ1v) is 7.46. The lowest BCUT2D eigenvalue weighted by Gasteiger charge is -2.25. The summed E-state index contributed by atoms with van der Waals surface area (Å²) in [5.41, 5.74) is 1.08. The highest BCUT2D eigenvalue weighted by molar-refractivity contribution is 5.85. The summed E-state index contributed by atoms with van der Waals surface area (Å²) in [6.45, 7) is 3.78. The van der Waals surface area contributed by atoms with Crippen molar-refractivity contribution in [1.82, 2.24) is 10.6 Å². The molecule has 0 saturated carbocycles. The number of hydrogen-bond donors (Lipinski definition) is 2. The Morgan fingerprint density at radius 1 is 1.39 bits per heavy atom. The van der Waals surface area contributed by atoms with Crippen molar-refractivity contribution in [3.05, 3.63) is 23.8 Å². The van der Waals surface area contributed by atoms with Gasteiger partial charge in [0.05, 0.1) is 27.4 Å². The summed E-state index contributed by atoms with van der Waals surface area (Å²) in [6, 6.07) is 5.55.